The number of imidazole rings is 1. The molecule has 0 radical (unpaired) electrons. The van der Waals surface area contributed by atoms with Crippen LogP contribution in [0, 0.1) is 6.92 Å². The lowest BCUT2D eigenvalue weighted by Gasteiger charge is -2.16. The predicted molar refractivity (Wildman–Crippen MR) is 138 cm³/mol. The molecular formula is C22H30N6O8S2. The minimum absolute atomic E-state index is 0.178. The molecule has 4 rings (SSSR count). The molecule has 1 aromatic carbocycles. The van der Waals surface area contributed by atoms with Crippen LogP contribution < -0.4 is 11.5 Å². The van der Waals surface area contributed by atoms with Gasteiger partial charge in [-0.2, -0.15) is 0 Å². The Labute approximate surface area is 221 Å². The van der Waals surface area contributed by atoms with Crippen LogP contribution in [-0.4, -0.2) is 95.9 Å². The van der Waals surface area contributed by atoms with Crippen LogP contribution >= 0.6 is 0 Å². The maximum atomic E-state index is 10.8. The van der Waals surface area contributed by atoms with Crippen molar-refractivity contribution in [1.82, 2.24) is 19.5 Å². The number of ether oxygens (including phenoxy) is 1. The summed E-state index contributed by atoms with van der Waals surface area (Å²) in [6, 6.07) is 4.88. The van der Waals surface area contributed by atoms with Crippen molar-refractivity contribution in [2.24, 2.45) is 5.73 Å². The third-order valence-corrected chi connectivity index (χ3v) is 8.53. The average molecular weight is 571 g/mol. The van der Waals surface area contributed by atoms with Crippen LogP contribution in [0.15, 0.2) is 41.8 Å². The lowest BCUT2D eigenvalue weighted by atomic mass is 10.1. The fourth-order valence-electron chi connectivity index (χ4n) is 3.67. The highest BCUT2D eigenvalue weighted by Crippen LogP contribution is 2.32. The van der Waals surface area contributed by atoms with Gasteiger partial charge < -0.3 is 36.1 Å². The number of carbonyl (C=O) groups is 1. The number of nitrogens with two attached hydrogens (primary N) is 2. The van der Waals surface area contributed by atoms with Crippen molar-refractivity contribution >= 4 is 44.0 Å². The second-order valence-electron chi connectivity index (χ2n) is 8.78. The molecule has 1 saturated heterocycles. The lowest BCUT2D eigenvalue weighted by Crippen LogP contribution is -2.37. The average Bonchev–Trinajstić information content (AvgIpc) is 3.40. The first-order chi connectivity index (χ1) is 17.8. The highest BCUT2D eigenvalue weighted by Gasteiger charge is 2.46. The van der Waals surface area contributed by atoms with E-state index in [1.54, 1.807) is 12.1 Å². The number of nitrogens with zero attached hydrogens (tertiary/aromatic N) is 4. The quantitative estimate of drug-likeness (QED) is 0.161. The molecule has 16 heteroatoms. The van der Waals surface area contributed by atoms with Crippen molar-refractivity contribution in [3.8, 4) is 0 Å². The summed E-state index contributed by atoms with van der Waals surface area (Å²) in [4.78, 5) is 22.8. The molecule has 0 amide bonds. The number of aliphatic carboxylic acids is 1. The SMILES string of the molecule is C[S+](CC[C@H](N)C(=O)O)C[C@H]1O[C@@H](n2cnc3c(N)ncnc32)[C@H](O)[C@H]1O.Cc1ccc(S(=O)(=O)[O-])cc1. The van der Waals surface area contributed by atoms with Crippen molar-refractivity contribution in [3.63, 3.8) is 0 Å². The summed E-state index contributed by atoms with van der Waals surface area (Å²) < 4.78 is 38.6. The minimum Gasteiger partial charge on any atom is -0.744 e. The Bertz CT molecular complexity index is 1350. The van der Waals surface area contributed by atoms with Gasteiger partial charge in [0.1, 0.15) is 57.8 Å². The fourth-order valence-corrected chi connectivity index (χ4v) is 5.80. The molecule has 0 spiro atoms. The van der Waals surface area contributed by atoms with E-state index in [1.165, 1.54) is 29.4 Å². The molecule has 14 nitrogen and oxygen atoms in total. The van der Waals surface area contributed by atoms with E-state index < -0.39 is 46.7 Å². The Morgan fingerprint density at radius 2 is 1.87 bits per heavy atom. The lowest BCUT2D eigenvalue weighted by molar-refractivity contribution is -0.138. The molecule has 0 saturated carbocycles. The zero-order valence-corrected chi connectivity index (χ0v) is 22.2. The molecule has 3 heterocycles. The zero-order chi connectivity index (χ0) is 28.2. The number of aliphatic hydroxyl groups is 2. The van der Waals surface area contributed by atoms with Gasteiger partial charge in [-0.15, -0.1) is 0 Å². The van der Waals surface area contributed by atoms with E-state index in [0.717, 1.165) is 5.56 Å². The zero-order valence-electron chi connectivity index (χ0n) is 20.6. The van der Waals surface area contributed by atoms with Crippen molar-refractivity contribution < 1.29 is 37.8 Å². The smallest absolute Gasteiger partial charge is 0.320 e. The van der Waals surface area contributed by atoms with Crippen LogP contribution in [0.3, 0.4) is 0 Å². The largest absolute Gasteiger partial charge is 0.744 e. The number of carboxylic acids is 1. The van der Waals surface area contributed by atoms with Gasteiger partial charge in [-0.05, 0) is 30.0 Å². The normalized spacial score (nSPS) is 23.0. The van der Waals surface area contributed by atoms with Crippen LogP contribution in [0.1, 0.15) is 18.2 Å². The van der Waals surface area contributed by atoms with Crippen molar-refractivity contribution in [3.05, 3.63) is 42.5 Å². The highest BCUT2D eigenvalue weighted by molar-refractivity contribution is 7.96. The molecule has 1 aliphatic rings. The van der Waals surface area contributed by atoms with Crippen LogP contribution in [0.4, 0.5) is 5.82 Å². The Balaban J connectivity index is 0.000000304. The number of aryl methyl sites for hydroxylation is 1. The molecule has 2 aromatic heterocycles. The molecule has 0 aliphatic carbocycles. The van der Waals surface area contributed by atoms with Crippen molar-refractivity contribution in [2.75, 3.05) is 23.5 Å². The van der Waals surface area contributed by atoms with Gasteiger partial charge in [-0.25, -0.2) is 23.4 Å². The maximum Gasteiger partial charge on any atom is 0.320 e. The first-order valence-corrected chi connectivity index (χ1v) is 14.7. The molecule has 38 heavy (non-hydrogen) atoms. The van der Waals surface area contributed by atoms with Gasteiger partial charge in [0.05, 0.1) is 17.5 Å². The number of hydrogen-bond acceptors (Lipinski definition) is 12. The number of aromatic nitrogens is 4. The standard InChI is InChI=1S/C15H22N6O5S.C7H8O3S/c1-27(3-2-7(16)15(24)25)4-8-10(22)11(23)14(26-8)21-6-20-9-12(17)18-5-19-13(9)21;1-6-2-4-7(5-3-6)11(8,9)10/h5-8,10-11,14,22-23H,2-4,16H2,1H3,(H2-,17,18,19,24,25);2-5H,1H3,(H,8,9,10)/t7-,8+,10-,11+,14+,27?;/m0./s1. The van der Waals surface area contributed by atoms with Crippen molar-refractivity contribution in [2.45, 2.75) is 48.8 Å². The van der Waals surface area contributed by atoms with Gasteiger partial charge in [0.15, 0.2) is 17.7 Å². The number of nitrogen functional groups attached to an aromatic ring is 1. The molecule has 1 aliphatic heterocycles. The Morgan fingerprint density at radius 1 is 1.21 bits per heavy atom. The van der Waals surface area contributed by atoms with Crippen molar-refractivity contribution in [1.29, 1.82) is 0 Å². The summed E-state index contributed by atoms with van der Waals surface area (Å²) in [6.45, 7) is 1.82. The highest BCUT2D eigenvalue weighted by atomic mass is 32.2. The Kier molecular flexibility index (Phi) is 9.64. The van der Waals surface area contributed by atoms with E-state index in [2.05, 4.69) is 15.0 Å². The summed E-state index contributed by atoms with van der Waals surface area (Å²) in [6.07, 6.45) is 1.31. The summed E-state index contributed by atoms with van der Waals surface area (Å²) in [5, 5.41) is 29.7. The number of rotatable bonds is 8. The molecule has 208 valence electrons. The van der Waals surface area contributed by atoms with Crippen LogP contribution in [-0.2, 0) is 30.5 Å². The summed E-state index contributed by atoms with van der Waals surface area (Å²) in [5.41, 5.74) is 13.0. The fraction of sp³-hybridized carbons (Fsp3) is 0.455. The molecule has 7 N–H and O–H groups in total. The Morgan fingerprint density at radius 3 is 2.47 bits per heavy atom. The second kappa shape index (κ2) is 12.3. The van der Waals surface area contributed by atoms with E-state index in [1.807, 2.05) is 13.2 Å². The number of hydrogen-bond donors (Lipinski definition) is 5. The molecule has 6 atom stereocenters. The summed E-state index contributed by atoms with van der Waals surface area (Å²) in [7, 11) is -4.50. The number of anilines is 1. The van der Waals surface area contributed by atoms with E-state index in [-0.39, 0.29) is 21.6 Å². The van der Waals surface area contributed by atoms with Gasteiger partial charge in [-0.3, -0.25) is 9.36 Å². The molecule has 1 unspecified atom stereocenters. The van der Waals surface area contributed by atoms with Gasteiger partial charge in [0, 0.05) is 6.42 Å². The first kappa shape index (κ1) is 29.7. The molecule has 1 fully saturated rings. The van der Waals surface area contributed by atoms with Gasteiger partial charge in [0.25, 0.3) is 0 Å². The van der Waals surface area contributed by atoms with Crippen LogP contribution in [0.2, 0.25) is 0 Å². The van der Waals surface area contributed by atoms with Gasteiger partial charge in [-0.1, -0.05) is 17.7 Å². The third kappa shape index (κ3) is 7.16. The molecule has 0 bridgehead atoms. The Hall–Kier alpha value is -2.86. The van der Waals surface area contributed by atoms with Gasteiger partial charge in [0.2, 0.25) is 0 Å². The van der Waals surface area contributed by atoms with Crippen LogP contribution in [0.25, 0.3) is 11.2 Å². The number of benzene rings is 1. The second-order valence-corrected chi connectivity index (χ2v) is 12.5. The van der Waals surface area contributed by atoms with E-state index in [0.29, 0.717) is 29.1 Å². The first-order valence-electron chi connectivity index (χ1n) is 11.3. The van der Waals surface area contributed by atoms with Crippen LogP contribution in [0.5, 0.6) is 0 Å². The van der Waals surface area contributed by atoms with Gasteiger partial charge >= 0.3 is 5.97 Å². The maximum absolute atomic E-state index is 10.8. The van der Waals surface area contributed by atoms with E-state index in [9.17, 15) is 28.0 Å². The molecular weight excluding hydrogens is 540 g/mol. The minimum atomic E-state index is -4.27. The third-order valence-electron chi connectivity index (χ3n) is 5.85. The number of aliphatic hydroxyl groups excluding tert-OH is 2. The summed E-state index contributed by atoms with van der Waals surface area (Å²) in [5.74, 6) is 0.254. The number of fused-ring (bicyclic) bond motifs is 1. The number of carboxylic acid groups (broad SMARTS) is 1. The van der Waals surface area contributed by atoms with E-state index in [4.69, 9.17) is 21.3 Å². The predicted octanol–water partition coefficient (Wildman–Crippen LogP) is -1.02. The van der Waals surface area contributed by atoms with E-state index >= 15 is 0 Å². The monoisotopic (exact) mass is 570 g/mol. The molecule has 3 aromatic rings. The topological polar surface area (TPSA) is 240 Å². The summed E-state index contributed by atoms with van der Waals surface area (Å²) >= 11 is 0.